The van der Waals surface area contributed by atoms with Crippen molar-refractivity contribution in [1.29, 1.82) is 0 Å². The van der Waals surface area contributed by atoms with Gasteiger partial charge in [0.05, 0.1) is 18.6 Å². The largest absolute Gasteiger partial charge is 0.336 e. The van der Waals surface area contributed by atoms with Crippen LogP contribution in [0.15, 0.2) is 12.5 Å². The maximum atomic E-state index is 12.1. The van der Waals surface area contributed by atoms with Crippen molar-refractivity contribution in [3.63, 3.8) is 0 Å². The molecule has 1 aliphatic rings. The van der Waals surface area contributed by atoms with Gasteiger partial charge in [0.15, 0.2) is 0 Å². The Balaban J connectivity index is 1.89. The summed E-state index contributed by atoms with van der Waals surface area (Å²) in [6.07, 6.45) is 5.84. The van der Waals surface area contributed by atoms with E-state index in [1.54, 1.807) is 12.5 Å². The van der Waals surface area contributed by atoms with Crippen molar-refractivity contribution in [2.24, 2.45) is 13.0 Å². The zero-order valence-electron chi connectivity index (χ0n) is 11.4. The summed E-state index contributed by atoms with van der Waals surface area (Å²) in [5.74, 6) is 0.601. The van der Waals surface area contributed by atoms with Crippen LogP contribution in [-0.4, -0.2) is 33.1 Å². The Hall–Kier alpha value is -1.52. The number of piperidine rings is 1. The predicted octanol–water partition coefficient (Wildman–Crippen LogP) is 1.75. The van der Waals surface area contributed by atoms with Crippen LogP contribution in [0.25, 0.3) is 0 Å². The van der Waals surface area contributed by atoms with Gasteiger partial charge in [0, 0.05) is 25.8 Å². The molecule has 1 aliphatic heterocycles. The number of carbonyl (C=O) groups excluding carboxylic acids is 1. The number of rotatable bonds is 2. The molecule has 1 fully saturated rings. The number of urea groups is 1. The molecule has 0 saturated carbocycles. The molecule has 5 nitrogen and oxygen atoms in total. The van der Waals surface area contributed by atoms with Gasteiger partial charge in [-0.15, -0.1) is 0 Å². The third-order valence-corrected chi connectivity index (χ3v) is 3.72. The second kappa shape index (κ2) is 5.42. The van der Waals surface area contributed by atoms with Crippen LogP contribution in [0.2, 0.25) is 0 Å². The zero-order valence-corrected chi connectivity index (χ0v) is 11.4. The molecule has 1 N–H and O–H groups in total. The Labute approximate surface area is 108 Å². The van der Waals surface area contributed by atoms with Gasteiger partial charge in [0.2, 0.25) is 0 Å². The molecule has 0 spiro atoms. The number of hydrogen-bond acceptors (Lipinski definition) is 2. The number of likely N-dealkylation sites (tertiary alicyclic amines) is 1. The van der Waals surface area contributed by atoms with Gasteiger partial charge in [0.1, 0.15) is 0 Å². The Morgan fingerprint density at radius 2 is 2.28 bits per heavy atom. The fraction of sp³-hybridized carbons (Fsp3) is 0.692. The standard InChI is InChI=1S/C13H22N4O/c1-10-4-5-11(2)17(8-10)13(18)15-7-12-6-14-9-16(12)3/h6,9-11H,4-5,7-8H2,1-3H3,(H,15,18). The Kier molecular flexibility index (Phi) is 3.89. The number of carbonyl (C=O) groups is 1. The highest BCUT2D eigenvalue weighted by Gasteiger charge is 2.26. The Morgan fingerprint density at radius 3 is 2.94 bits per heavy atom. The first kappa shape index (κ1) is 12.9. The lowest BCUT2D eigenvalue weighted by Crippen LogP contribution is -2.49. The van der Waals surface area contributed by atoms with Crippen molar-refractivity contribution in [2.75, 3.05) is 6.54 Å². The summed E-state index contributed by atoms with van der Waals surface area (Å²) in [5.41, 5.74) is 1.01. The highest BCUT2D eigenvalue weighted by molar-refractivity contribution is 5.74. The highest BCUT2D eigenvalue weighted by Crippen LogP contribution is 2.21. The summed E-state index contributed by atoms with van der Waals surface area (Å²) < 4.78 is 1.92. The molecule has 2 rings (SSSR count). The zero-order chi connectivity index (χ0) is 13.1. The van der Waals surface area contributed by atoms with Crippen molar-refractivity contribution in [1.82, 2.24) is 19.8 Å². The van der Waals surface area contributed by atoms with Crippen LogP contribution in [0.5, 0.6) is 0 Å². The van der Waals surface area contributed by atoms with Crippen LogP contribution in [0.3, 0.4) is 0 Å². The second-order valence-electron chi connectivity index (χ2n) is 5.34. The molecule has 100 valence electrons. The molecule has 1 aromatic rings. The van der Waals surface area contributed by atoms with Crippen LogP contribution < -0.4 is 5.32 Å². The molecular formula is C13H22N4O. The number of nitrogens with zero attached hydrogens (tertiary/aromatic N) is 3. The molecule has 0 bridgehead atoms. The predicted molar refractivity (Wildman–Crippen MR) is 70.0 cm³/mol. The minimum Gasteiger partial charge on any atom is -0.336 e. The number of aromatic nitrogens is 2. The molecule has 0 aromatic carbocycles. The molecule has 0 radical (unpaired) electrons. The molecule has 2 atom stereocenters. The Bertz CT molecular complexity index is 415. The smallest absolute Gasteiger partial charge is 0.317 e. The topological polar surface area (TPSA) is 50.2 Å². The van der Waals surface area contributed by atoms with Gasteiger partial charge in [-0.2, -0.15) is 0 Å². The maximum absolute atomic E-state index is 12.1. The van der Waals surface area contributed by atoms with E-state index in [1.807, 2.05) is 16.5 Å². The van der Waals surface area contributed by atoms with Crippen molar-refractivity contribution in [2.45, 2.75) is 39.3 Å². The molecule has 0 aliphatic carbocycles. The van der Waals surface area contributed by atoms with Crippen molar-refractivity contribution < 1.29 is 4.79 Å². The molecule has 2 amide bonds. The number of amides is 2. The lowest BCUT2D eigenvalue weighted by Gasteiger charge is -2.36. The summed E-state index contributed by atoms with van der Waals surface area (Å²) in [4.78, 5) is 18.1. The van der Waals surface area contributed by atoms with E-state index in [9.17, 15) is 4.79 Å². The van der Waals surface area contributed by atoms with E-state index < -0.39 is 0 Å². The van der Waals surface area contributed by atoms with E-state index in [0.29, 0.717) is 18.5 Å². The van der Waals surface area contributed by atoms with Gasteiger partial charge in [0.25, 0.3) is 0 Å². The van der Waals surface area contributed by atoms with Crippen LogP contribution >= 0.6 is 0 Å². The third kappa shape index (κ3) is 2.83. The number of hydrogen-bond donors (Lipinski definition) is 1. The highest BCUT2D eigenvalue weighted by atomic mass is 16.2. The first-order valence-corrected chi connectivity index (χ1v) is 6.57. The molecule has 2 heterocycles. The second-order valence-corrected chi connectivity index (χ2v) is 5.34. The fourth-order valence-corrected chi connectivity index (χ4v) is 2.39. The monoisotopic (exact) mass is 250 g/mol. The summed E-state index contributed by atoms with van der Waals surface area (Å²) in [6, 6.07) is 0.378. The molecule has 18 heavy (non-hydrogen) atoms. The molecular weight excluding hydrogens is 228 g/mol. The van der Waals surface area contributed by atoms with E-state index in [4.69, 9.17) is 0 Å². The first-order valence-electron chi connectivity index (χ1n) is 6.57. The molecule has 1 saturated heterocycles. The first-order chi connectivity index (χ1) is 8.58. The fourth-order valence-electron chi connectivity index (χ4n) is 2.39. The number of imidazole rings is 1. The summed E-state index contributed by atoms with van der Waals surface area (Å²) in [5, 5.41) is 2.97. The van der Waals surface area contributed by atoms with Gasteiger partial charge in [-0.05, 0) is 25.7 Å². The Morgan fingerprint density at radius 1 is 1.50 bits per heavy atom. The third-order valence-electron chi connectivity index (χ3n) is 3.72. The van der Waals surface area contributed by atoms with E-state index in [1.165, 1.54) is 6.42 Å². The van der Waals surface area contributed by atoms with Crippen molar-refractivity contribution in [3.05, 3.63) is 18.2 Å². The molecule has 2 unspecified atom stereocenters. The number of aryl methyl sites for hydroxylation is 1. The van der Waals surface area contributed by atoms with Crippen molar-refractivity contribution >= 4 is 6.03 Å². The van der Waals surface area contributed by atoms with Crippen LogP contribution in [-0.2, 0) is 13.6 Å². The van der Waals surface area contributed by atoms with Gasteiger partial charge in [-0.3, -0.25) is 0 Å². The van der Waals surface area contributed by atoms with Crippen LogP contribution in [0.1, 0.15) is 32.4 Å². The average Bonchev–Trinajstić information content (AvgIpc) is 2.75. The lowest BCUT2D eigenvalue weighted by molar-refractivity contribution is 0.136. The van der Waals surface area contributed by atoms with Gasteiger partial charge < -0.3 is 14.8 Å². The molecule has 1 aromatic heterocycles. The van der Waals surface area contributed by atoms with Gasteiger partial charge in [-0.1, -0.05) is 6.92 Å². The van der Waals surface area contributed by atoms with E-state index >= 15 is 0 Å². The minimum absolute atomic E-state index is 0.0373. The van der Waals surface area contributed by atoms with Crippen LogP contribution in [0.4, 0.5) is 4.79 Å². The van der Waals surface area contributed by atoms with E-state index in [-0.39, 0.29) is 6.03 Å². The summed E-state index contributed by atoms with van der Waals surface area (Å²) >= 11 is 0. The van der Waals surface area contributed by atoms with Crippen LogP contribution in [0, 0.1) is 5.92 Å². The van der Waals surface area contributed by atoms with E-state index in [2.05, 4.69) is 24.1 Å². The lowest BCUT2D eigenvalue weighted by atomic mass is 9.95. The summed E-state index contributed by atoms with van der Waals surface area (Å²) in [6.45, 7) is 5.72. The quantitative estimate of drug-likeness (QED) is 0.869. The normalized spacial score (nSPS) is 24.1. The maximum Gasteiger partial charge on any atom is 0.317 e. The summed E-state index contributed by atoms with van der Waals surface area (Å²) in [7, 11) is 1.93. The SMILES string of the molecule is CC1CCC(C)N(C(=O)NCc2cncn2C)C1. The van der Waals surface area contributed by atoms with Gasteiger partial charge in [-0.25, -0.2) is 9.78 Å². The van der Waals surface area contributed by atoms with E-state index in [0.717, 1.165) is 18.7 Å². The molecule has 5 heteroatoms. The number of nitrogens with one attached hydrogen (secondary N) is 1. The van der Waals surface area contributed by atoms with Crippen molar-refractivity contribution in [3.8, 4) is 0 Å². The van der Waals surface area contributed by atoms with Gasteiger partial charge >= 0.3 is 6.03 Å². The minimum atomic E-state index is 0.0373. The average molecular weight is 250 g/mol.